The lowest BCUT2D eigenvalue weighted by atomic mass is 9.55. The normalized spacial score (nSPS) is 34.8. The molecule has 0 radical (unpaired) electrons. The van der Waals surface area contributed by atoms with Crippen LogP contribution in [0.4, 0.5) is 11.4 Å². The molecule has 4 heterocycles. The molecule has 1 spiro atoms. The Labute approximate surface area is 236 Å². The molecule has 39 heavy (non-hydrogen) atoms. The third-order valence-electron chi connectivity index (χ3n) is 8.70. The first-order valence-electron chi connectivity index (χ1n) is 13.0. The molecule has 4 fully saturated rings. The van der Waals surface area contributed by atoms with E-state index in [0.717, 1.165) is 12.8 Å². The van der Waals surface area contributed by atoms with Crippen LogP contribution in [0.5, 0.6) is 5.75 Å². The first-order valence-corrected chi connectivity index (χ1v) is 13.8. The Balaban J connectivity index is 1.37. The summed E-state index contributed by atoms with van der Waals surface area (Å²) in [5.41, 5.74) is -0.575. The van der Waals surface area contributed by atoms with Gasteiger partial charge in [-0.25, -0.2) is 14.6 Å². The van der Waals surface area contributed by atoms with Crippen LogP contribution < -0.4 is 10.1 Å². The standard InChI is InChI=1S/C29H29Cl2N2O6/c1-16-11-14-28(32-4)17(2)24(36-26-29(28)19(16)12-13-27(3,37-26)38-39-29)25(34)35-23-8-6-5-7-22(23)33-21-10-9-18(30)15-20(21)31/h4-10,15-16,19,26,33H,11-14H2,1-3H3/q+1/t16-,19+,26?,27?,28-,29+/m1/s1. The number of hydrogen-bond donors (Lipinski definition) is 1. The molecule has 3 saturated heterocycles. The molecule has 8 nitrogen and oxygen atoms in total. The first-order chi connectivity index (χ1) is 18.6. The number of anilines is 2. The Morgan fingerprint density at radius 1 is 1.13 bits per heavy atom. The average Bonchev–Trinajstić information content (AvgIpc) is 3.15. The van der Waals surface area contributed by atoms with Crippen molar-refractivity contribution >= 4 is 40.5 Å². The molecule has 2 unspecified atom stereocenters. The molecule has 204 valence electrons. The SMILES string of the molecule is C#[N+][C@@]12CC[C@@H](C)[C@@H]3CCC4(C)OO[C@]31C(OC(C(=O)Oc1ccccc1Nc1ccc(Cl)cc1Cl)=C2C)O4. The minimum Gasteiger partial charge on any atom is -0.453 e. The molecule has 2 aromatic carbocycles. The number of carbonyl (C=O) groups excluding carboxylic acids is 1. The highest BCUT2D eigenvalue weighted by atomic mass is 35.5. The Bertz CT molecular complexity index is 1420. The zero-order valence-electron chi connectivity index (χ0n) is 21.8. The molecule has 10 heteroatoms. The van der Waals surface area contributed by atoms with Crippen molar-refractivity contribution in [3.05, 3.63) is 68.7 Å². The van der Waals surface area contributed by atoms with Crippen molar-refractivity contribution in [2.75, 3.05) is 5.32 Å². The maximum Gasteiger partial charge on any atom is 0.379 e. The van der Waals surface area contributed by atoms with E-state index in [0.29, 0.717) is 39.8 Å². The minimum absolute atomic E-state index is 0.00514. The lowest BCUT2D eigenvalue weighted by molar-refractivity contribution is -0.555. The lowest BCUT2D eigenvalue weighted by Crippen LogP contribution is -2.74. The quantitative estimate of drug-likeness (QED) is 0.235. The van der Waals surface area contributed by atoms with Crippen LogP contribution in [0.1, 0.15) is 46.5 Å². The molecule has 1 saturated carbocycles. The first kappa shape index (κ1) is 26.4. The fraction of sp³-hybridized carbons (Fsp3) is 0.448. The van der Waals surface area contributed by atoms with E-state index in [1.807, 2.05) is 6.07 Å². The molecule has 0 amide bonds. The highest BCUT2D eigenvalue weighted by Gasteiger charge is 2.81. The second-order valence-corrected chi connectivity index (χ2v) is 11.7. The molecule has 2 aromatic rings. The Hall–Kier alpha value is -2.80. The second kappa shape index (κ2) is 9.39. The van der Waals surface area contributed by atoms with Gasteiger partial charge in [0.1, 0.15) is 0 Å². The molecule has 2 bridgehead atoms. The number of hydrogen-bond acceptors (Lipinski definition) is 7. The summed E-state index contributed by atoms with van der Waals surface area (Å²) >= 11 is 12.4. The van der Waals surface area contributed by atoms with E-state index in [9.17, 15) is 4.79 Å². The number of para-hydroxylation sites is 2. The van der Waals surface area contributed by atoms with Crippen LogP contribution in [0.25, 0.3) is 4.85 Å². The molecule has 7 rings (SSSR count). The zero-order valence-corrected chi connectivity index (χ0v) is 23.3. The van der Waals surface area contributed by atoms with E-state index in [1.54, 1.807) is 50.2 Å². The Kier molecular flexibility index (Phi) is 6.37. The van der Waals surface area contributed by atoms with Crippen LogP contribution in [-0.4, -0.2) is 29.2 Å². The summed E-state index contributed by atoms with van der Waals surface area (Å²) in [6.07, 6.45) is 1.81. The van der Waals surface area contributed by atoms with Gasteiger partial charge in [0.05, 0.1) is 22.0 Å². The molecular weight excluding hydrogens is 543 g/mol. The number of ether oxygens (including phenoxy) is 3. The van der Waals surface area contributed by atoms with Gasteiger partial charge in [0.15, 0.2) is 5.75 Å². The van der Waals surface area contributed by atoms with Gasteiger partial charge in [0.25, 0.3) is 12.2 Å². The van der Waals surface area contributed by atoms with Crippen LogP contribution in [0, 0.1) is 18.4 Å². The van der Waals surface area contributed by atoms with Crippen molar-refractivity contribution in [2.45, 2.75) is 69.7 Å². The van der Waals surface area contributed by atoms with Crippen molar-refractivity contribution < 1.29 is 28.8 Å². The monoisotopic (exact) mass is 571 g/mol. The second-order valence-electron chi connectivity index (χ2n) is 10.9. The number of benzene rings is 2. The minimum atomic E-state index is -1.13. The van der Waals surface area contributed by atoms with Gasteiger partial charge in [-0.05, 0) is 62.9 Å². The summed E-state index contributed by atoms with van der Waals surface area (Å²) in [6, 6.07) is 12.1. The number of nitrogens with one attached hydrogen (secondary N) is 1. The maximum absolute atomic E-state index is 13.7. The van der Waals surface area contributed by atoms with E-state index in [4.69, 9.17) is 53.8 Å². The molecule has 6 atom stereocenters. The van der Waals surface area contributed by atoms with Gasteiger partial charge in [-0.2, -0.15) is 0 Å². The predicted molar refractivity (Wildman–Crippen MR) is 146 cm³/mol. The van der Waals surface area contributed by atoms with Crippen molar-refractivity contribution in [1.82, 2.24) is 0 Å². The van der Waals surface area contributed by atoms with Crippen molar-refractivity contribution in [3.63, 3.8) is 0 Å². The largest absolute Gasteiger partial charge is 0.453 e. The van der Waals surface area contributed by atoms with Crippen LogP contribution in [0.15, 0.2) is 53.8 Å². The highest BCUT2D eigenvalue weighted by molar-refractivity contribution is 6.36. The Morgan fingerprint density at radius 2 is 1.92 bits per heavy atom. The van der Waals surface area contributed by atoms with Gasteiger partial charge in [-0.15, -0.1) is 0 Å². The van der Waals surface area contributed by atoms with Crippen molar-refractivity contribution in [3.8, 4) is 12.3 Å². The fourth-order valence-corrected chi connectivity index (χ4v) is 7.05. The van der Waals surface area contributed by atoms with Gasteiger partial charge < -0.3 is 19.5 Å². The number of rotatable bonds is 4. The van der Waals surface area contributed by atoms with Crippen LogP contribution in [-0.2, 0) is 24.0 Å². The molecule has 1 N–H and O–H groups in total. The van der Waals surface area contributed by atoms with Crippen LogP contribution >= 0.6 is 23.2 Å². The molecule has 4 aliphatic heterocycles. The van der Waals surface area contributed by atoms with E-state index in [-0.39, 0.29) is 23.3 Å². The van der Waals surface area contributed by atoms with Gasteiger partial charge >= 0.3 is 11.5 Å². The number of esters is 1. The zero-order chi connectivity index (χ0) is 27.6. The predicted octanol–water partition coefficient (Wildman–Crippen LogP) is 7.25. The van der Waals surface area contributed by atoms with E-state index >= 15 is 0 Å². The molecule has 0 aromatic heterocycles. The summed E-state index contributed by atoms with van der Waals surface area (Å²) < 4.78 is 18.5. The number of nitrogens with zero attached hydrogens (tertiary/aromatic N) is 1. The average molecular weight is 572 g/mol. The molecular formula is C29H29Cl2N2O6+. The third-order valence-corrected chi connectivity index (χ3v) is 9.25. The van der Waals surface area contributed by atoms with E-state index < -0.39 is 29.2 Å². The number of fused-ring (bicyclic) bond motifs is 2. The van der Waals surface area contributed by atoms with Crippen molar-refractivity contribution in [1.29, 1.82) is 0 Å². The molecule has 1 aliphatic carbocycles. The van der Waals surface area contributed by atoms with Crippen LogP contribution in [0.2, 0.25) is 10.0 Å². The summed E-state index contributed by atoms with van der Waals surface area (Å²) in [7, 11) is 0. The summed E-state index contributed by atoms with van der Waals surface area (Å²) in [4.78, 5) is 30.1. The van der Waals surface area contributed by atoms with Gasteiger partial charge in [0.2, 0.25) is 17.8 Å². The van der Waals surface area contributed by atoms with Gasteiger partial charge in [0, 0.05) is 23.8 Å². The molecule has 5 aliphatic rings. The van der Waals surface area contributed by atoms with E-state index in [1.165, 1.54) is 0 Å². The summed E-state index contributed by atoms with van der Waals surface area (Å²) in [6.45, 7) is 11.9. The topological polar surface area (TPSA) is 79.6 Å². The fourth-order valence-electron chi connectivity index (χ4n) is 6.59. The third kappa shape index (κ3) is 3.94. The Morgan fingerprint density at radius 3 is 2.69 bits per heavy atom. The highest BCUT2D eigenvalue weighted by Crippen LogP contribution is 2.63. The van der Waals surface area contributed by atoms with Crippen LogP contribution in [0.3, 0.4) is 0 Å². The van der Waals surface area contributed by atoms with E-state index in [2.05, 4.69) is 17.1 Å². The smallest absolute Gasteiger partial charge is 0.379 e. The lowest BCUT2D eigenvalue weighted by Gasteiger charge is -2.55. The number of carbonyl (C=O) groups is 1. The summed E-state index contributed by atoms with van der Waals surface area (Å²) in [5, 5.41) is 4.13. The van der Waals surface area contributed by atoms with Gasteiger partial charge in [-0.3, -0.25) is 0 Å². The van der Waals surface area contributed by atoms with Crippen molar-refractivity contribution in [2.24, 2.45) is 11.8 Å². The maximum atomic E-state index is 13.7. The summed E-state index contributed by atoms with van der Waals surface area (Å²) in [5.74, 6) is -1.17. The van der Waals surface area contributed by atoms with Gasteiger partial charge in [-0.1, -0.05) is 47.1 Å². The number of halogens is 2.